The van der Waals surface area contributed by atoms with Crippen LogP contribution < -0.4 is 0 Å². The highest BCUT2D eigenvalue weighted by Crippen LogP contribution is 2.66. The molecular weight excluding hydrogens is 332 g/mol. The third-order valence-corrected chi connectivity index (χ3v) is 7.57. The molecule has 3 fully saturated rings. The number of hydrogen-bond donors (Lipinski definition) is 1. The van der Waals surface area contributed by atoms with Crippen LogP contribution in [0.1, 0.15) is 47.0 Å². The van der Waals surface area contributed by atoms with E-state index in [0.717, 1.165) is 25.4 Å². The van der Waals surface area contributed by atoms with Gasteiger partial charge >= 0.3 is 6.09 Å². The first kappa shape index (κ1) is 19.9. The van der Waals surface area contributed by atoms with Crippen molar-refractivity contribution in [2.24, 2.45) is 16.7 Å². The highest BCUT2D eigenvalue weighted by Gasteiger charge is 2.61. The highest BCUT2D eigenvalue weighted by atomic mass is 16.6. The standard InChI is InChI=1S/C20H36N2O4/c1-5-25-18(24)22-10-8-21(9-11-22)13-16(23)14-26-17-12-15-6-7-20(17,4)19(15,2)3/h15-17,23H,5-14H2,1-4H3/t15-,16-,17-,20-/m1/s1. The van der Waals surface area contributed by atoms with E-state index < -0.39 is 6.10 Å². The predicted molar refractivity (Wildman–Crippen MR) is 100 cm³/mol. The maximum absolute atomic E-state index is 11.7. The zero-order valence-electron chi connectivity index (χ0n) is 16.9. The topological polar surface area (TPSA) is 62.2 Å². The second-order valence-corrected chi connectivity index (χ2v) is 9.07. The summed E-state index contributed by atoms with van der Waals surface area (Å²) >= 11 is 0. The van der Waals surface area contributed by atoms with Gasteiger partial charge in [0.05, 0.1) is 25.4 Å². The Bertz CT molecular complexity index is 504. The molecule has 3 rings (SSSR count). The number of β-amino-alcohol motifs (C(OH)–C–C–N with tert-alkyl or cyclic N) is 1. The summed E-state index contributed by atoms with van der Waals surface area (Å²) in [7, 11) is 0. The zero-order valence-corrected chi connectivity index (χ0v) is 16.9. The van der Waals surface area contributed by atoms with Crippen LogP contribution in [0.5, 0.6) is 0 Å². The molecule has 0 spiro atoms. The fourth-order valence-corrected chi connectivity index (χ4v) is 5.29. The van der Waals surface area contributed by atoms with E-state index in [1.807, 2.05) is 6.92 Å². The average molecular weight is 369 g/mol. The molecule has 1 aliphatic heterocycles. The average Bonchev–Trinajstić information content (AvgIpc) is 2.94. The van der Waals surface area contributed by atoms with Crippen LogP contribution in [0.2, 0.25) is 0 Å². The van der Waals surface area contributed by atoms with Crippen LogP contribution in [0, 0.1) is 16.7 Å². The molecule has 0 radical (unpaired) electrons. The summed E-state index contributed by atoms with van der Waals surface area (Å²) in [5, 5.41) is 10.4. The Labute approximate surface area is 157 Å². The summed E-state index contributed by atoms with van der Waals surface area (Å²) in [5.41, 5.74) is 0.578. The van der Waals surface area contributed by atoms with Crippen molar-refractivity contribution in [3.05, 3.63) is 0 Å². The number of aliphatic hydroxyl groups is 1. The van der Waals surface area contributed by atoms with Crippen LogP contribution in [0.25, 0.3) is 0 Å². The van der Waals surface area contributed by atoms with Crippen molar-refractivity contribution in [3.8, 4) is 0 Å². The van der Waals surface area contributed by atoms with E-state index in [-0.39, 0.29) is 17.6 Å². The molecule has 6 heteroatoms. The molecule has 0 aromatic heterocycles. The number of ether oxygens (including phenoxy) is 2. The number of rotatable bonds is 6. The lowest BCUT2D eigenvalue weighted by Crippen LogP contribution is -2.51. The van der Waals surface area contributed by atoms with E-state index in [2.05, 4.69) is 25.7 Å². The lowest BCUT2D eigenvalue weighted by atomic mass is 9.70. The number of amides is 1. The molecule has 2 saturated carbocycles. The van der Waals surface area contributed by atoms with Gasteiger partial charge in [-0.25, -0.2) is 4.79 Å². The summed E-state index contributed by atoms with van der Waals surface area (Å²) in [6.07, 6.45) is 3.25. The van der Waals surface area contributed by atoms with E-state index in [1.165, 1.54) is 12.8 Å². The van der Waals surface area contributed by atoms with Gasteiger partial charge in [-0.2, -0.15) is 0 Å². The Balaban J connectivity index is 1.39. The molecular formula is C20H36N2O4. The summed E-state index contributed by atoms with van der Waals surface area (Å²) in [6, 6.07) is 0. The van der Waals surface area contributed by atoms with Gasteiger partial charge in [0.25, 0.3) is 0 Å². The molecule has 150 valence electrons. The van der Waals surface area contributed by atoms with E-state index in [4.69, 9.17) is 9.47 Å². The molecule has 0 aromatic rings. The second-order valence-electron chi connectivity index (χ2n) is 9.07. The zero-order chi connectivity index (χ0) is 18.9. The van der Waals surface area contributed by atoms with Gasteiger partial charge in [-0.1, -0.05) is 20.8 Å². The van der Waals surface area contributed by atoms with Crippen LogP contribution in [0.3, 0.4) is 0 Å². The number of aliphatic hydroxyl groups excluding tert-OH is 1. The highest BCUT2D eigenvalue weighted by molar-refractivity contribution is 5.67. The van der Waals surface area contributed by atoms with Crippen molar-refractivity contribution in [2.45, 2.75) is 59.2 Å². The molecule has 1 N–H and O–H groups in total. The lowest BCUT2D eigenvalue weighted by Gasteiger charge is -2.39. The molecule has 3 aliphatic rings. The van der Waals surface area contributed by atoms with Gasteiger partial charge in [-0.05, 0) is 42.9 Å². The molecule has 1 heterocycles. The van der Waals surface area contributed by atoms with Gasteiger partial charge in [0, 0.05) is 32.7 Å². The third-order valence-electron chi connectivity index (χ3n) is 7.57. The number of carbonyl (C=O) groups is 1. The number of piperazine rings is 1. The summed E-state index contributed by atoms with van der Waals surface area (Å²) in [6.45, 7) is 13.2. The van der Waals surface area contributed by atoms with Crippen molar-refractivity contribution in [3.63, 3.8) is 0 Å². The molecule has 1 amide bonds. The van der Waals surface area contributed by atoms with E-state index in [0.29, 0.717) is 38.3 Å². The van der Waals surface area contributed by atoms with E-state index in [1.54, 1.807) is 4.90 Å². The first-order valence-corrected chi connectivity index (χ1v) is 10.2. The van der Waals surface area contributed by atoms with Crippen LogP contribution in [-0.4, -0.2) is 79.1 Å². The van der Waals surface area contributed by atoms with Gasteiger partial charge in [0.1, 0.15) is 0 Å². The van der Waals surface area contributed by atoms with Crippen molar-refractivity contribution >= 4 is 6.09 Å². The molecule has 6 nitrogen and oxygen atoms in total. The lowest BCUT2D eigenvalue weighted by molar-refractivity contribution is -0.0805. The Morgan fingerprint density at radius 2 is 1.92 bits per heavy atom. The van der Waals surface area contributed by atoms with Gasteiger partial charge in [-0.15, -0.1) is 0 Å². The van der Waals surface area contributed by atoms with E-state index >= 15 is 0 Å². The minimum Gasteiger partial charge on any atom is -0.450 e. The van der Waals surface area contributed by atoms with E-state index in [9.17, 15) is 9.90 Å². The third kappa shape index (κ3) is 3.60. The van der Waals surface area contributed by atoms with Crippen LogP contribution in [-0.2, 0) is 9.47 Å². The molecule has 1 saturated heterocycles. The van der Waals surface area contributed by atoms with Crippen molar-refractivity contribution in [1.29, 1.82) is 0 Å². The van der Waals surface area contributed by atoms with Crippen molar-refractivity contribution in [1.82, 2.24) is 9.80 Å². The molecule has 4 atom stereocenters. The minimum atomic E-state index is -0.477. The first-order chi connectivity index (χ1) is 12.3. The number of fused-ring (bicyclic) bond motifs is 2. The SMILES string of the molecule is CCOC(=O)N1CCN(C[C@@H](O)CO[C@@H]2C[C@H]3CC[C@@]2(C)C3(C)C)CC1. The first-order valence-electron chi connectivity index (χ1n) is 10.2. The smallest absolute Gasteiger partial charge is 0.409 e. The monoisotopic (exact) mass is 368 g/mol. The maximum Gasteiger partial charge on any atom is 0.409 e. The minimum absolute atomic E-state index is 0.233. The second kappa shape index (κ2) is 7.64. The number of nitrogens with zero attached hydrogens (tertiary/aromatic N) is 2. The summed E-state index contributed by atoms with van der Waals surface area (Å²) in [4.78, 5) is 15.7. The van der Waals surface area contributed by atoms with Crippen molar-refractivity contribution in [2.75, 3.05) is 45.9 Å². The van der Waals surface area contributed by atoms with Gasteiger partial charge < -0.3 is 19.5 Å². The molecule has 2 bridgehead atoms. The molecule has 2 aliphatic carbocycles. The fraction of sp³-hybridized carbons (Fsp3) is 0.950. The quantitative estimate of drug-likeness (QED) is 0.780. The molecule has 0 aromatic carbocycles. The van der Waals surface area contributed by atoms with Crippen LogP contribution in [0.15, 0.2) is 0 Å². The predicted octanol–water partition coefficient (Wildman–Crippen LogP) is 2.35. The fourth-order valence-electron chi connectivity index (χ4n) is 5.29. The molecule has 0 unspecified atom stereocenters. The van der Waals surface area contributed by atoms with Gasteiger partial charge in [-0.3, -0.25) is 4.90 Å². The number of hydrogen-bond acceptors (Lipinski definition) is 5. The normalized spacial score (nSPS) is 34.9. The van der Waals surface area contributed by atoms with Crippen LogP contribution >= 0.6 is 0 Å². The Morgan fingerprint density at radius 3 is 2.46 bits per heavy atom. The van der Waals surface area contributed by atoms with Crippen LogP contribution in [0.4, 0.5) is 4.79 Å². The summed E-state index contributed by atoms with van der Waals surface area (Å²) in [5.74, 6) is 0.755. The van der Waals surface area contributed by atoms with Gasteiger partial charge in [0.2, 0.25) is 0 Å². The molecule has 26 heavy (non-hydrogen) atoms. The Kier molecular flexibility index (Phi) is 5.85. The Morgan fingerprint density at radius 1 is 1.23 bits per heavy atom. The number of carbonyl (C=O) groups excluding carboxylic acids is 1. The largest absolute Gasteiger partial charge is 0.450 e. The summed E-state index contributed by atoms with van der Waals surface area (Å²) < 4.78 is 11.3. The van der Waals surface area contributed by atoms with Crippen molar-refractivity contribution < 1.29 is 19.4 Å². The maximum atomic E-state index is 11.7. The van der Waals surface area contributed by atoms with Gasteiger partial charge in [0.15, 0.2) is 0 Å². The Hall–Kier alpha value is -0.850.